The fourth-order valence-corrected chi connectivity index (χ4v) is 10.9. The van der Waals surface area contributed by atoms with Crippen molar-refractivity contribution in [3.63, 3.8) is 0 Å². The summed E-state index contributed by atoms with van der Waals surface area (Å²) < 4.78 is 5.67. The molecule has 4 saturated carbocycles. The normalized spacial score (nSPS) is 50.6. The number of aliphatic hydroxyl groups excluding tert-OH is 3. The van der Waals surface area contributed by atoms with Crippen LogP contribution in [0, 0.1) is 50.2 Å². The number of ether oxygens (including phenoxy) is 1. The lowest BCUT2D eigenvalue weighted by atomic mass is 9.33. The Morgan fingerprint density at radius 1 is 0.946 bits per heavy atom. The molecular formula is C32H52O5. The largest absolute Gasteiger partial charge is 0.463 e. The molecule has 0 spiro atoms. The van der Waals surface area contributed by atoms with Crippen LogP contribution in [0.25, 0.3) is 0 Å². The lowest BCUT2D eigenvalue weighted by Crippen LogP contribution is -2.66. The molecule has 0 aromatic carbocycles. The van der Waals surface area contributed by atoms with Crippen LogP contribution >= 0.6 is 0 Å². The number of carbonyl (C=O) groups is 1. The molecule has 4 fully saturated rings. The van der Waals surface area contributed by atoms with E-state index in [-0.39, 0.29) is 53.4 Å². The molecule has 9 atom stereocenters. The minimum Gasteiger partial charge on any atom is -0.463 e. The first-order chi connectivity index (χ1) is 17.2. The molecule has 0 bridgehead atoms. The van der Waals surface area contributed by atoms with Crippen LogP contribution in [0.5, 0.6) is 0 Å². The average Bonchev–Trinajstić information content (AvgIpc) is 2.85. The predicted molar refractivity (Wildman–Crippen MR) is 145 cm³/mol. The van der Waals surface area contributed by atoms with Crippen molar-refractivity contribution in [2.75, 3.05) is 19.8 Å². The van der Waals surface area contributed by atoms with Gasteiger partial charge in [0.05, 0.1) is 24.7 Å². The highest BCUT2D eigenvalue weighted by Gasteiger charge is 2.69. The summed E-state index contributed by atoms with van der Waals surface area (Å²) in [4.78, 5) is 13.6. The zero-order valence-corrected chi connectivity index (χ0v) is 24.2. The Hall–Kier alpha value is -0.910. The fraction of sp³-hybridized carbons (Fsp3) is 0.906. The van der Waals surface area contributed by atoms with E-state index in [2.05, 4.69) is 47.6 Å². The van der Waals surface area contributed by atoms with Crippen molar-refractivity contribution in [3.05, 3.63) is 11.6 Å². The van der Waals surface area contributed by atoms with Crippen LogP contribution in [0.3, 0.4) is 0 Å². The Kier molecular flexibility index (Phi) is 6.57. The quantitative estimate of drug-likeness (QED) is 0.332. The summed E-state index contributed by atoms with van der Waals surface area (Å²) >= 11 is 0. The molecule has 5 rings (SSSR count). The molecule has 37 heavy (non-hydrogen) atoms. The number of esters is 1. The molecule has 3 N–H and O–H groups in total. The second-order valence-corrected chi connectivity index (χ2v) is 15.4. The topological polar surface area (TPSA) is 87.0 Å². The summed E-state index contributed by atoms with van der Waals surface area (Å²) in [6, 6.07) is 0. The van der Waals surface area contributed by atoms with Crippen LogP contribution in [0.1, 0.15) is 106 Å². The lowest BCUT2D eigenvalue weighted by Gasteiger charge is -2.71. The molecule has 0 radical (unpaired) electrons. The minimum atomic E-state index is -0.468. The van der Waals surface area contributed by atoms with E-state index in [1.807, 2.05) is 0 Å². The van der Waals surface area contributed by atoms with Gasteiger partial charge in [-0.05, 0) is 104 Å². The molecule has 5 aliphatic carbocycles. The number of rotatable bonds is 4. The van der Waals surface area contributed by atoms with Crippen molar-refractivity contribution in [1.29, 1.82) is 0 Å². The lowest BCUT2D eigenvalue weighted by molar-refractivity contribution is -0.217. The SMILES string of the molecule is CC1(C)CC[C@]2(C(=O)OCCO)CC[C@]3(C)C(=CC[C@@H]4[C@@]5(C)CC[C@H](O)[C@@](C)(CO)[C@@H]5CC[C@]43C)[C@@H]2C1. The van der Waals surface area contributed by atoms with Crippen molar-refractivity contribution >= 4 is 5.97 Å². The Bertz CT molecular complexity index is 957. The predicted octanol–water partition coefficient (Wildman–Crippen LogP) is 5.66. The van der Waals surface area contributed by atoms with Crippen LogP contribution in [-0.4, -0.2) is 47.2 Å². The van der Waals surface area contributed by atoms with Crippen LogP contribution in [-0.2, 0) is 9.53 Å². The van der Waals surface area contributed by atoms with E-state index in [0.29, 0.717) is 11.8 Å². The number of allylic oxidation sites excluding steroid dienone is 2. The van der Waals surface area contributed by atoms with E-state index >= 15 is 0 Å². The van der Waals surface area contributed by atoms with Crippen molar-refractivity contribution in [2.24, 2.45) is 50.2 Å². The van der Waals surface area contributed by atoms with Crippen LogP contribution in [0.15, 0.2) is 11.6 Å². The third-order valence-electron chi connectivity index (χ3n) is 13.5. The van der Waals surface area contributed by atoms with Gasteiger partial charge in [-0.15, -0.1) is 0 Å². The first kappa shape index (κ1) is 27.6. The van der Waals surface area contributed by atoms with Gasteiger partial charge in [0.15, 0.2) is 0 Å². The number of aliphatic hydroxyl groups is 3. The minimum absolute atomic E-state index is 0.0222. The van der Waals surface area contributed by atoms with Gasteiger partial charge in [-0.3, -0.25) is 4.79 Å². The van der Waals surface area contributed by atoms with Crippen molar-refractivity contribution in [1.82, 2.24) is 0 Å². The molecule has 0 aliphatic heterocycles. The number of carbonyl (C=O) groups excluding carboxylic acids is 1. The number of hydrogen-bond acceptors (Lipinski definition) is 5. The number of hydrogen-bond donors (Lipinski definition) is 3. The van der Waals surface area contributed by atoms with Crippen LogP contribution in [0.2, 0.25) is 0 Å². The second-order valence-electron chi connectivity index (χ2n) is 15.4. The Balaban J connectivity index is 1.57. The standard InChI is InChI=1S/C32H52O5/c1-27(2)13-15-32(26(36)37-18-17-33)16-14-30(5)21(22(32)19-27)7-8-24-28(3)11-10-25(35)29(4,20-34)23(28)9-12-31(24,30)6/h7,22-25,33-35H,8-20H2,1-6H3/t22-,23+,24+,25-,28-,29-,30+,31+,32-/m0/s1. The third kappa shape index (κ3) is 3.62. The van der Waals surface area contributed by atoms with Crippen molar-refractivity contribution in [2.45, 2.75) is 112 Å². The molecule has 0 aromatic rings. The van der Waals surface area contributed by atoms with E-state index in [1.54, 1.807) is 0 Å². The Labute approximate surface area is 224 Å². The molecule has 0 amide bonds. The van der Waals surface area contributed by atoms with E-state index in [4.69, 9.17) is 4.74 Å². The van der Waals surface area contributed by atoms with Gasteiger partial charge < -0.3 is 20.1 Å². The molecule has 0 unspecified atom stereocenters. The van der Waals surface area contributed by atoms with Gasteiger partial charge in [0, 0.05) is 5.41 Å². The first-order valence-corrected chi connectivity index (χ1v) is 15.0. The summed E-state index contributed by atoms with van der Waals surface area (Å²) in [5.41, 5.74) is 1.01. The summed E-state index contributed by atoms with van der Waals surface area (Å²) in [7, 11) is 0. The zero-order chi connectivity index (χ0) is 27.1. The van der Waals surface area contributed by atoms with Crippen molar-refractivity contribution in [3.8, 4) is 0 Å². The van der Waals surface area contributed by atoms with Crippen LogP contribution < -0.4 is 0 Å². The molecule has 5 aliphatic rings. The monoisotopic (exact) mass is 516 g/mol. The zero-order valence-electron chi connectivity index (χ0n) is 24.2. The molecule has 210 valence electrons. The maximum Gasteiger partial charge on any atom is 0.312 e. The van der Waals surface area contributed by atoms with Gasteiger partial charge in [0.2, 0.25) is 0 Å². The Morgan fingerprint density at radius 3 is 2.32 bits per heavy atom. The van der Waals surface area contributed by atoms with Gasteiger partial charge in [-0.25, -0.2) is 0 Å². The van der Waals surface area contributed by atoms with Crippen LogP contribution in [0.4, 0.5) is 0 Å². The van der Waals surface area contributed by atoms with Gasteiger partial charge in [0.1, 0.15) is 6.61 Å². The summed E-state index contributed by atoms with van der Waals surface area (Å²) in [6.07, 6.45) is 11.8. The molecule has 0 saturated heterocycles. The van der Waals surface area contributed by atoms with Gasteiger partial charge >= 0.3 is 5.97 Å². The maximum atomic E-state index is 13.6. The highest BCUT2D eigenvalue weighted by molar-refractivity contribution is 5.78. The summed E-state index contributed by atoms with van der Waals surface area (Å²) in [5, 5.41) is 30.8. The van der Waals surface area contributed by atoms with E-state index in [1.165, 1.54) is 5.57 Å². The third-order valence-corrected chi connectivity index (χ3v) is 13.5. The number of fused-ring (bicyclic) bond motifs is 7. The highest BCUT2D eigenvalue weighted by atomic mass is 16.5. The second kappa shape index (κ2) is 8.80. The molecule has 0 heterocycles. The smallest absolute Gasteiger partial charge is 0.312 e. The van der Waals surface area contributed by atoms with E-state index in [0.717, 1.165) is 64.2 Å². The van der Waals surface area contributed by atoms with Gasteiger partial charge in [0.25, 0.3) is 0 Å². The molecular weight excluding hydrogens is 464 g/mol. The Morgan fingerprint density at radius 2 is 1.65 bits per heavy atom. The van der Waals surface area contributed by atoms with E-state index < -0.39 is 16.9 Å². The summed E-state index contributed by atoms with van der Waals surface area (Å²) in [5.74, 6) is 0.916. The van der Waals surface area contributed by atoms with Gasteiger partial charge in [-0.2, -0.15) is 0 Å². The molecule has 0 aromatic heterocycles. The fourth-order valence-electron chi connectivity index (χ4n) is 10.9. The van der Waals surface area contributed by atoms with E-state index in [9.17, 15) is 20.1 Å². The van der Waals surface area contributed by atoms with Gasteiger partial charge in [-0.1, -0.05) is 53.2 Å². The average molecular weight is 517 g/mol. The molecule has 5 nitrogen and oxygen atoms in total. The molecule has 5 heteroatoms. The van der Waals surface area contributed by atoms with Crippen molar-refractivity contribution < 1.29 is 24.9 Å². The maximum absolute atomic E-state index is 13.6. The first-order valence-electron chi connectivity index (χ1n) is 15.0. The highest BCUT2D eigenvalue weighted by Crippen LogP contribution is 2.75. The summed E-state index contributed by atoms with van der Waals surface area (Å²) in [6.45, 7) is 14.3.